The highest BCUT2D eigenvalue weighted by Gasteiger charge is 2.35. The Labute approximate surface area is 224 Å². The van der Waals surface area contributed by atoms with E-state index in [0.29, 0.717) is 6.42 Å². The van der Waals surface area contributed by atoms with E-state index in [2.05, 4.69) is 18.8 Å². The first kappa shape index (κ1) is 33.1. The van der Waals surface area contributed by atoms with Crippen molar-refractivity contribution in [3.63, 3.8) is 0 Å². The molecule has 0 spiro atoms. The summed E-state index contributed by atoms with van der Waals surface area (Å²) in [7, 11) is -1.74. The third-order valence-electron chi connectivity index (χ3n) is 7.56. The average Bonchev–Trinajstić information content (AvgIpc) is 2.86. The standard InChI is InChI=1S/C31H58BNO3/c1-3-5-7-9-11-13-15-17-19-22-26-31(36-32(34)35,29-30-25-21-24-28-33-30)27-23-20-18-16-14-12-10-8-6-4-2/h21,24-25,28,34-35H,3-20,22-23,26-27,29H2,1-2H3. The lowest BCUT2D eigenvalue weighted by Gasteiger charge is -2.34. The fourth-order valence-corrected chi connectivity index (χ4v) is 5.39. The zero-order valence-corrected chi connectivity index (χ0v) is 23.9. The lowest BCUT2D eigenvalue weighted by atomic mass is 9.84. The maximum Gasteiger partial charge on any atom is 0.634 e. The molecule has 36 heavy (non-hydrogen) atoms. The van der Waals surface area contributed by atoms with E-state index in [1.165, 1.54) is 116 Å². The van der Waals surface area contributed by atoms with Crippen LogP contribution in [-0.4, -0.2) is 28.0 Å². The number of hydrogen-bond donors (Lipinski definition) is 2. The molecule has 0 fully saturated rings. The summed E-state index contributed by atoms with van der Waals surface area (Å²) in [6.07, 6.45) is 30.1. The number of pyridine rings is 1. The molecule has 1 aromatic heterocycles. The van der Waals surface area contributed by atoms with E-state index in [1.54, 1.807) is 0 Å². The van der Waals surface area contributed by atoms with Crippen LogP contribution in [0.4, 0.5) is 0 Å². The number of aromatic nitrogens is 1. The Hall–Kier alpha value is -0.905. The van der Waals surface area contributed by atoms with Gasteiger partial charge in [0.2, 0.25) is 0 Å². The number of unbranched alkanes of at least 4 members (excludes halogenated alkanes) is 18. The molecule has 0 aliphatic rings. The lowest BCUT2D eigenvalue weighted by molar-refractivity contribution is 0.0000792. The fraction of sp³-hybridized carbons (Fsp3) is 0.839. The Bertz CT molecular complexity index is 560. The van der Waals surface area contributed by atoms with Crippen molar-refractivity contribution in [3.05, 3.63) is 30.1 Å². The first-order valence-corrected chi connectivity index (χ1v) is 15.6. The van der Waals surface area contributed by atoms with Gasteiger partial charge in [-0.15, -0.1) is 0 Å². The summed E-state index contributed by atoms with van der Waals surface area (Å²) in [4.78, 5) is 4.53. The first-order chi connectivity index (χ1) is 17.6. The molecule has 0 saturated heterocycles. The van der Waals surface area contributed by atoms with Crippen LogP contribution >= 0.6 is 0 Å². The Morgan fingerprint density at radius 2 is 1.06 bits per heavy atom. The monoisotopic (exact) mass is 503 g/mol. The van der Waals surface area contributed by atoms with Gasteiger partial charge in [0, 0.05) is 18.3 Å². The van der Waals surface area contributed by atoms with Crippen molar-refractivity contribution >= 4 is 7.32 Å². The van der Waals surface area contributed by atoms with E-state index in [9.17, 15) is 10.0 Å². The Morgan fingerprint density at radius 1 is 0.639 bits per heavy atom. The largest absolute Gasteiger partial charge is 0.634 e. The van der Waals surface area contributed by atoms with Crippen molar-refractivity contribution in [2.24, 2.45) is 0 Å². The van der Waals surface area contributed by atoms with Crippen LogP contribution in [0, 0.1) is 0 Å². The van der Waals surface area contributed by atoms with Crippen LogP contribution in [0.15, 0.2) is 24.4 Å². The lowest BCUT2D eigenvalue weighted by Crippen LogP contribution is -2.41. The van der Waals surface area contributed by atoms with E-state index < -0.39 is 12.9 Å². The van der Waals surface area contributed by atoms with Crippen molar-refractivity contribution in [2.75, 3.05) is 0 Å². The summed E-state index contributed by atoms with van der Waals surface area (Å²) in [5.74, 6) is 0. The van der Waals surface area contributed by atoms with E-state index in [-0.39, 0.29) is 0 Å². The summed E-state index contributed by atoms with van der Waals surface area (Å²) in [5.41, 5.74) is 0.417. The topological polar surface area (TPSA) is 62.6 Å². The second kappa shape index (κ2) is 23.2. The predicted octanol–water partition coefficient (Wildman–Crippen LogP) is 8.97. The third-order valence-corrected chi connectivity index (χ3v) is 7.56. The van der Waals surface area contributed by atoms with Crippen molar-refractivity contribution in [1.29, 1.82) is 0 Å². The smallest absolute Gasteiger partial charge is 0.402 e. The van der Waals surface area contributed by atoms with Gasteiger partial charge in [-0.3, -0.25) is 4.98 Å². The number of hydrogen-bond acceptors (Lipinski definition) is 4. The zero-order chi connectivity index (χ0) is 26.2. The molecule has 0 unspecified atom stereocenters. The van der Waals surface area contributed by atoms with Crippen LogP contribution in [0.25, 0.3) is 0 Å². The molecule has 0 radical (unpaired) electrons. The van der Waals surface area contributed by atoms with Crippen molar-refractivity contribution in [1.82, 2.24) is 4.98 Å². The van der Waals surface area contributed by atoms with Gasteiger partial charge in [0.25, 0.3) is 0 Å². The molecule has 5 heteroatoms. The molecular formula is C31H58BNO3. The van der Waals surface area contributed by atoms with Gasteiger partial charge in [0.05, 0.1) is 5.60 Å². The molecule has 0 aromatic carbocycles. The highest BCUT2D eigenvalue weighted by molar-refractivity contribution is 6.32. The van der Waals surface area contributed by atoms with E-state index >= 15 is 0 Å². The second-order valence-electron chi connectivity index (χ2n) is 11.0. The van der Waals surface area contributed by atoms with Gasteiger partial charge in [-0.1, -0.05) is 148 Å². The molecule has 1 rings (SSSR count). The molecule has 208 valence electrons. The zero-order valence-electron chi connectivity index (χ0n) is 23.9. The summed E-state index contributed by atoms with van der Waals surface area (Å²) < 4.78 is 5.88. The van der Waals surface area contributed by atoms with Crippen molar-refractivity contribution in [2.45, 2.75) is 167 Å². The van der Waals surface area contributed by atoms with Crippen molar-refractivity contribution < 1.29 is 14.7 Å². The van der Waals surface area contributed by atoms with Crippen LogP contribution in [0.1, 0.15) is 161 Å². The number of rotatable bonds is 26. The molecule has 2 N–H and O–H groups in total. The minimum atomic E-state index is -1.74. The SMILES string of the molecule is CCCCCCCCCCCCC(CCCCCCCCCCCC)(Cc1ccccn1)OB(O)O. The molecule has 0 atom stereocenters. The second-order valence-corrected chi connectivity index (χ2v) is 11.0. The molecule has 4 nitrogen and oxygen atoms in total. The summed E-state index contributed by atoms with van der Waals surface area (Å²) in [6.45, 7) is 4.54. The van der Waals surface area contributed by atoms with Gasteiger partial charge in [0.15, 0.2) is 0 Å². The first-order valence-electron chi connectivity index (χ1n) is 15.6. The summed E-state index contributed by atoms with van der Waals surface area (Å²) in [5, 5.41) is 19.6. The Morgan fingerprint density at radius 3 is 1.42 bits per heavy atom. The van der Waals surface area contributed by atoms with E-state index in [4.69, 9.17) is 4.65 Å². The maximum atomic E-state index is 9.80. The molecule has 0 saturated carbocycles. The van der Waals surface area contributed by atoms with Crippen LogP contribution in [0.5, 0.6) is 0 Å². The van der Waals surface area contributed by atoms with Gasteiger partial charge >= 0.3 is 7.32 Å². The van der Waals surface area contributed by atoms with Crippen LogP contribution in [0.3, 0.4) is 0 Å². The Kier molecular flexibility index (Phi) is 21.4. The Balaban J connectivity index is 2.46. The molecule has 0 amide bonds. The molecule has 1 heterocycles. The summed E-state index contributed by atoms with van der Waals surface area (Å²) in [6, 6.07) is 5.96. The fourth-order valence-electron chi connectivity index (χ4n) is 5.39. The molecule has 0 aliphatic carbocycles. The molecule has 0 bridgehead atoms. The quantitative estimate of drug-likeness (QED) is 0.0978. The molecular weight excluding hydrogens is 445 g/mol. The summed E-state index contributed by atoms with van der Waals surface area (Å²) >= 11 is 0. The molecule has 1 aromatic rings. The maximum absolute atomic E-state index is 9.80. The van der Waals surface area contributed by atoms with Crippen LogP contribution < -0.4 is 0 Å². The van der Waals surface area contributed by atoms with Gasteiger partial charge < -0.3 is 14.7 Å². The number of nitrogens with zero attached hydrogens (tertiary/aromatic N) is 1. The van der Waals surface area contributed by atoms with Crippen LogP contribution in [-0.2, 0) is 11.1 Å². The third kappa shape index (κ3) is 18.4. The predicted molar refractivity (Wildman–Crippen MR) is 155 cm³/mol. The van der Waals surface area contributed by atoms with Gasteiger partial charge in [-0.05, 0) is 25.0 Å². The average molecular weight is 504 g/mol. The van der Waals surface area contributed by atoms with Crippen LogP contribution in [0.2, 0.25) is 0 Å². The van der Waals surface area contributed by atoms with Gasteiger partial charge in [-0.25, -0.2) is 0 Å². The molecule has 0 aliphatic heterocycles. The van der Waals surface area contributed by atoms with Gasteiger partial charge in [-0.2, -0.15) is 0 Å². The van der Waals surface area contributed by atoms with Crippen molar-refractivity contribution in [3.8, 4) is 0 Å². The minimum Gasteiger partial charge on any atom is -0.402 e. The highest BCUT2D eigenvalue weighted by atomic mass is 16.6. The van der Waals surface area contributed by atoms with E-state index in [1.807, 2.05) is 24.4 Å². The normalized spacial score (nSPS) is 11.8. The minimum absolute atomic E-state index is 0.553. The highest BCUT2D eigenvalue weighted by Crippen LogP contribution is 2.31. The van der Waals surface area contributed by atoms with Gasteiger partial charge in [0.1, 0.15) is 0 Å². The van der Waals surface area contributed by atoms with E-state index in [0.717, 1.165) is 31.4 Å².